The zero-order valence-electron chi connectivity index (χ0n) is 24.4. The summed E-state index contributed by atoms with van der Waals surface area (Å²) in [5, 5.41) is 8.83. The van der Waals surface area contributed by atoms with Crippen LogP contribution in [0.25, 0.3) is 77.6 Å². The summed E-state index contributed by atoms with van der Waals surface area (Å²) in [6.45, 7) is 0. The van der Waals surface area contributed by atoms with Crippen molar-refractivity contribution in [2.45, 2.75) is 19.3 Å². The van der Waals surface area contributed by atoms with Crippen LogP contribution in [0.3, 0.4) is 0 Å². The number of nitrogens with zero attached hydrogens (tertiary/aromatic N) is 3. The Balaban J connectivity index is 1.24. The van der Waals surface area contributed by atoms with Crippen molar-refractivity contribution in [2.24, 2.45) is 0 Å². The Morgan fingerprint density at radius 2 is 0.756 bits per heavy atom. The first-order chi connectivity index (χ1) is 22.3. The van der Waals surface area contributed by atoms with E-state index in [1.165, 1.54) is 76.8 Å². The molecule has 3 heteroatoms. The minimum absolute atomic E-state index is 0.707. The fourth-order valence-corrected chi connectivity index (χ4v) is 8.47. The first-order valence-corrected chi connectivity index (χ1v) is 15.8. The van der Waals surface area contributed by atoms with Crippen molar-refractivity contribution in [2.75, 3.05) is 0 Å². The lowest BCUT2D eigenvalue weighted by atomic mass is 9.90. The van der Waals surface area contributed by atoms with Gasteiger partial charge in [-0.2, -0.15) is 0 Å². The fourth-order valence-electron chi connectivity index (χ4n) is 8.47. The van der Waals surface area contributed by atoms with Gasteiger partial charge in [-0.1, -0.05) is 103 Å². The molecule has 3 nitrogen and oxygen atoms in total. The number of aromatic nitrogens is 3. The molecule has 0 radical (unpaired) electrons. The van der Waals surface area contributed by atoms with E-state index in [1.54, 1.807) is 0 Å². The number of rotatable bonds is 4. The van der Waals surface area contributed by atoms with Crippen LogP contribution in [0.4, 0.5) is 0 Å². The molecule has 3 aliphatic carbocycles. The van der Waals surface area contributed by atoms with Gasteiger partial charge in [0.15, 0.2) is 17.5 Å². The second-order valence-electron chi connectivity index (χ2n) is 12.7. The monoisotopic (exact) mass is 571 g/mol. The highest BCUT2D eigenvalue weighted by molar-refractivity contribution is 6.34. The SMILES string of the molecule is c1ccc(-c2nc(-c3ccccc3)nc(-c3cc4c5c6c(ccc7c6c6c(c(-c8ccccc8)cc8c6c5c3C8)C7)C4)n2)cc1. The zero-order chi connectivity index (χ0) is 29.2. The molecule has 3 aliphatic rings. The van der Waals surface area contributed by atoms with Gasteiger partial charge in [-0.05, 0) is 108 Å². The molecule has 208 valence electrons. The molecule has 1 aromatic heterocycles. The minimum atomic E-state index is 0.707. The predicted molar refractivity (Wildman–Crippen MR) is 183 cm³/mol. The summed E-state index contributed by atoms with van der Waals surface area (Å²) >= 11 is 0. The third kappa shape index (κ3) is 3.12. The molecule has 0 unspecified atom stereocenters. The van der Waals surface area contributed by atoms with Crippen molar-refractivity contribution in [3.8, 4) is 45.3 Å². The molecule has 1 heterocycles. The third-order valence-corrected chi connectivity index (χ3v) is 10.3. The van der Waals surface area contributed by atoms with Gasteiger partial charge in [0, 0.05) is 16.7 Å². The standard InChI is InChI=1S/C42H25N3/c1-4-10-23(11-5-1)30-20-29-21-32-33(42-44-40(24-12-6-2-7-13-24)43-41(45-42)25-14-8-3-9-15-25)22-28-18-26-16-17-27-19-31(30)38-35(27)34(26)36(28)39(32)37(29)38/h1-17,20,22H,18-19,21H2. The molecule has 0 saturated heterocycles. The Morgan fingerprint density at radius 3 is 1.40 bits per heavy atom. The van der Waals surface area contributed by atoms with Gasteiger partial charge in [-0.25, -0.2) is 15.0 Å². The van der Waals surface area contributed by atoms with Crippen molar-refractivity contribution in [3.05, 3.63) is 149 Å². The molecular formula is C42H25N3. The lowest BCUT2D eigenvalue weighted by Gasteiger charge is -2.14. The molecule has 7 aromatic carbocycles. The quantitative estimate of drug-likeness (QED) is 0.197. The summed E-state index contributed by atoms with van der Waals surface area (Å²) in [5.74, 6) is 2.17. The molecule has 0 spiro atoms. The largest absolute Gasteiger partial charge is 0.208 e. The van der Waals surface area contributed by atoms with Crippen LogP contribution in [0.2, 0.25) is 0 Å². The molecule has 8 aromatic rings. The number of benzene rings is 7. The van der Waals surface area contributed by atoms with E-state index in [1.807, 2.05) is 36.4 Å². The molecule has 0 amide bonds. The van der Waals surface area contributed by atoms with Crippen LogP contribution in [0.1, 0.15) is 33.4 Å². The van der Waals surface area contributed by atoms with Crippen LogP contribution >= 0.6 is 0 Å². The van der Waals surface area contributed by atoms with Crippen LogP contribution in [-0.4, -0.2) is 15.0 Å². The van der Waals surface area contributed by atoms with Crippen LogP contribution < -0.4 is 0 Å². The Bertz CT molecular complexity index is 2530. The highest BCUT2D eigenvalue weighted by Gasteiger charge is 2.35. The van der Waals surface area contributed by atoms with Gasteiger partial charge in [-0.15, -0.1) is 0 Å². The molecule has 45 heavy (non-hydrogen) atoms. The Labute approximate surface area is 259 Å². The number of hydrogen-bond donors (Lipinski definition) is 0. The first-order valence-electron chi connectivity index (χ1n) is 15.8. The summed E-state index contributed by atoms with van der Waals surface area (Å²) in [7, 11) is 0. The maximum absolute atomic E-state index is 5.20. The van der Waals surface area contributed by atoms with Gasteiger partial charge < -0.3 is 0 Å². The van der Waals surface area contributed by atoms with Crippen LogP contribution in [0.15, 0.2) is 115 Å². The summed E-state index contributed by atoms with van der Waals surface area (Å²) in [4.78, 5) is 15.4. The predicted octanol–water partition coefficient (Wildman–Crippen LogP) is 9.71. The van der Waals surface area contributed by atoms with Gasteiger partial charge >= 0.3 is 0 Å². The van der Waals surface area contributed by atoms with E-state index in [2.05, 4.69) is 78.9 Å². The molecule has 11 rings (SSSR count). The van der Waals surface area contributed by atoms with E-state index in [0.717, 1.165) is 41.8 Å². The molecule has 0 atom stereocenters. The lowest BCUT2D eigenvalue weighted by Crippen LogP contribution is -2.02. The molecule has 0 aliphatic heterocycles. The lowest BCUT2D eigenvalue weighted by molar-refractivity contribution is 1.07. The Hall–Kier alpha value is -5.67. The topological polar surface area (TPSA) is 38.7 Å². The van der Waals surface area contributed by atoms with E-state index >= 15 is 0 Å². The van der Waals surface area contributed by atoms with Gasteiger partial charge in [0.1, 0.15) is 0 Å². The maximum Gasteiger partial charge on any atom is 0.164 e. The summed E-state index contributed by atoms with van der Waals surface area (Å²) in [6.07, 6.45) is 2.83. The minimum Gasteiger partial charge on any atom is -0.208 e. The second kappa shape index (κ2) is 8.49. The average Bonchev–Trinajstić information content (AvgIpc) is 3.79. The van der Waals surface area contributed by atoms with E-state index in [-0.39, 0.29) is 0 Å². The van der Waals surface area contributed by atoms with E-state index in [9.17, 15) is 0 Å². The Kier molecular flexibility index (Phi) is 4.48. The Morgan fingerprint density at radius 1 is 0.333 bits per heavy atom. The van der Waals surface area contributed by atoms with Gasteiger partial charge in [-0.3, -0.25) is 0 Å². The van der Waals surface area contributed by atoms with Crippen molar-refractivity contribution < 1.29 is 0 Å². The van der Waals surface area contributed by atoms with Crippen LogP contribution in [0.5, 0.6) is 0 Å². The fraction of sp³-hybridized carbons (Fsp3) is 0.0714. The van der Waals surface area contributed by atoms with E-state index < -0.39 is 0 Å². The highest BCUT2D eigenvalue weighted by Crippen LogP contribution is 2.56. The van der Waals surface area contributed by atoms with Crippen molar-refractivity contribution >= 4 is 32.3 Å². The van der Waals surface area contributed by atoms with E-state index in [0.29, 0.717) is 11.6 Å². The zero-order valence-corrected chi connectivity index (χ0v) is 24.4. The molecule has 0 fully saturated rings. The number of hydrogen-bond acceptors (Lipinski definition) is 3. The summed E-state index contributed by atoms with van der Waals surface area (Å²) in [6, 6.07) is 41.2. The molecule has 0 bridgehead atoms. The highest BCUT2D eigenvalue weighted by atomic mass is 15.0. The average molecular weight is 572 g/mol. The summed E-state index contributed by atoms with van der Waals surface area (Å²) in [5.41, 5.74) is 14.4. The smallest absolute Gasteiger partial charge is 0.164 e. The summed E-state index contributed by atoms with van der Waals surface area (Å²) < 4.78 is 0. The van der Waals surface area contributed by atoms with Crippen molar-refractivity contribution in [1.82, 2.24) is 15.0 Å². The normalized spacial score (nSPS) is 13.5. The van der Waals surface area contributed by atoms with Crippen molar-refractivity contribution in [3.63, 3.8) is 0 Å². The molecular weight excluding hydrogens is 546 g/mol. The van der Waals surface area contributed by atoms with Gasteiger partial charge in [0.25, 0.3) is 0 Å². The first kappa shape index (κ1) is 23.7. The van der Waals surface area contributed by atoms with E-state index in [4.69, 9.17) is 15.0 Å². The second-order valence-corrected chi connectivity index (χ2v) is 12.7. The van der Waals surface area contributed by atoms with Crippen LogP contribution in [0, 0.1) is 0 Å². The van der Waals surface area contributed by atoms with Crippen molar-refractivity contribution in [1.29, 1.82) is 0 Å². The van der Waals surface area contributed by atoms with Crippen LogP contribution in [-0.2, 0) is 19.3 Å². The molecule has 0 N–H and O–H groups in total. The van der Waals surface area contributed by atoms with Gasteiger partial charge in [0.05, 0.1) is 0 Å². The molecule has 0 saturated carbocycles. The van der Waals surface area contributed by atoms with Gasteiger partial charge in [0.2, 0.25) is 0 Å². The third-order valence-electron chi connectivity index (χ3n) is 10.3. The maximum atomic E-state index is 5.20.